The summed E-state index contributed by atoms with van der Waals surface area (Å²) in [4.78, 5) is 12.9. The van der Waals surface area contributed by atoms with Crippen molar-refractivity contribution >= 4 is 15.9 Å². The monoisotopic (exact) mass is 452 g/mol. The number of rotatable bonds is 10. The van der Waals surface area contributed by atoms with Crippen LogP contribution in [0.5, 0.6) is 5.75 Å². The highest BCUT2D eigenvalue weighted by Gasteiger charge is 2.27. The summed E-state index contributed by atoms with van der Waals surface area (Å²) in [6.07, 6.45) is 0.498. The second-order valence-corrected chi connectivity index (χ2v) is 9.39. The van der Waals surface area contributed by atoms with Crippen LogP contribution in [0.2, 0.25) is 0 Å². The van der Waals surface area contributed by atoms with Gasteiger partial charge in [0.1, 0.15) is 5.75 Å². The highest BCUT2D eigenvalue weighted by molar-refractivity contribution is 7.89. The minimum absolute atomic E-state index is 0.121. The van der Waals surface area contributed by atoms with Crippen LogP contribution in [0, 0.1) is 0 Å². The number of carbonyl (C=O) groups excluding carboxylic acids is 1. The molecule has 0 heterocycles. The predicted molar refractivity (Wildman–Crippen MR) is 125 cm³/mol. The number of ether oxygens (including phenoxy) is 1. The first-order valence-corrected chi connectivity index (χ1v) is 11.9. The van der Waals surface area contributed by atoms with Gasteiger partial charge in [0.2, 0.25) is 15.9 Å². The van der Waals surface area contributed by atoms with Crippen molar-refractivity contribution in [1.82, 2.24) is 9.62 Å². The van der Waals surface area contributed by atoms with Gasteiger partial charge in [-0.05, 0) is 48.7 Å². The number of nitrogens with one attached hydrogen (secondary N) is 1. The van der Waals surface area contributed by atoms with Gasteiger partial charge in [-0.15, -0.1) is 0 Å². The third kappa shape index (κ3) is 6.18. The number of methoxy groups -OCH3 is 1. The van der Waals surface area contributed by atoms with Gasteiger partial charge in [-0.25, -0.2) is 8.42 Å². The van der Waals surface area contributed by atoms with E-state index in [1.165, 1.54) is 23.5 Å². The Kier molecular flexibility index (Phi) is 8.03. The van der Waals surface area contributed by atoms with Crippen LogP contribution < -0.4 is 10.1 Å². The fourth-order valence-corrected chi connectivity index (χ4v) is 4.75. The second kappa shape index (κ2) is 10.9. The Hall–Kier alpha value is -3.16. The van der Waals surface area contributed by atoms with Crippen LogP contribution >= 0.6 is 0 Å². The van der Waals surface area contributed by atoms with Crippen LogP contribution in [-0.4, -0.2) is 38.8 Å². The highest BCUT2D eigenvalue weighted by atomic mass is 32.2. The molecule has 1 amide bonds. The number of hydrogen-bond acceptors (Lipinski definition) is 4. The number of amides is 1. The molecule has 0 saturated carbocycles. The summed E-state index contributed by atoms with van der Waals surface area (Å²) in [7, 11) is -2.35. The van der Waals surface area contributed by atoms with Crippen LogP contribution in [0.4, 0.5) is 0 Å². The normalized spacial score (nSPS) is 12.3. The van der Waals surface area contributed by atoms with E-state index in [2.05, 4.69) is 5.32 Å². The Morgan fingerprint density at radius 2 is 1.53 bits per heavy atom. The summed E-state index contributed by atoms with van der Waals surface area (Å²) in [6.45, 7) is 1.80. The Labute approximate surface area is 189 Å². The number of nitrogens with zero attached hydrogens (tertiary/aromatic N) is 1. The molecule has 0 spiro atoms. The molecule has 0 aliphatic rings. The lowest BCUT2D eigenvalue weighted by molar-refractivity contribution is -0.121. The van der Waals surface area contributed by atoms with E-state index in [0.29, 0.717) is 12.2 Å². The first-order valence-electron chi connectivity index (χ1n) is 10.4. The molecule has 1 N–H and O–H groups in total. The molecule has 3 rings (SSSR count). The molecule has 0 aromatic heterocycles. The molecule has 0 aliphatic heterocycles. The van der Waals surface area contributed by atoms with E-state index < -0.39 is 10.0 Å². The van der Waals surface area contributed by atoms with Crippen LogP contribution in [0.1, 0.15) is 24.1 Å². The van der Waals surface area contributed by atoms with Gasteiger partial charge < -0.3 is 10.1 Å². The summed E-state index contributed by atoms with van der Waals surface area (Å²) in [5.74, 6) is 0.209. The molecule has 0 saturated heterocycles. The van der Waals surface area contributed by atoms with Crippen molar-refractivity contribution in [2.24, 2.45) is 0 Å². The first-order chi connectivity index (χ1) is 15.4. The first kappa shape index (κ1) is 23.5. The van der Waals surface area contributed by atoms with Gasteiger partial charge in [0, 0.05) is 6.54 Å². The Morgan fingerprint density at radius 1 is 0.938 bits per heavy atom. The van der Waals surface area contributed by atoms with Crippen LogP contribution in [0.25, 0.3) is 0 Å². The van der Waals surface area contributed by atoms with Crippen molar-refractivity contribution in [3.8, 4) is 5.75 Å². The Bertz CT molecular complexity index is 1100. The molecule has 3 aromatic rings. The van der Waals surface area contributed by atoms with Crippen molar-refractivity contribution in [1.29, 1.82) is 0 Å². The Morgan fingerprint density at radius 3 is 2.12 bits per heavy atom. The average Bonchev–Trinajstić information content (AvgIpc) is 2.82. The number of sulfonamides is 1. The van der Waals surface area contributed by atoms with Crippen molar-refractivity contribution in [2.75, 3.05) is 20.2 Å². The minimum Gasteiger partial charge on any atom is -0.497 e. The standard InChI is InChI=1S/C25H28N2O4S/c1-20(22-11-7-4-8-12-22)26-25(28)19-27(18-17-21-9-5-3-6-10-21)32(29,30)24-15-13-23(31-2)14-16-24/h3-16,20H,17-19H2,1-2H3,(H,26,28)/t20-/m0/s1. The van der Waals surface area contributed by atoms with Gasteiger partial charge in [-0.1, -0.05) is 60.7 Å². The van der Waals surface area contributed by atoms with E-state index in [1.54, 1.807) is 12.1 Å². The van der Waals surface area contributed by atoms with Gasteiger partial charge in [0.15, 0.2) is 0 Å². The smallest absolute Gasteiger partial charge is 0.243 e. The van der Waals surface area contributed by atoms with Crippen molar-refractivity contribution in [3.63, 3.8) is 0 Å². The number of hydrogen-bond donors (Lipinski definition) is 1. The van der Waals surface area contributed by atoms with Crippen molar-refractivity contribution < 1.29 is 17.9 Å². The summed E-state index contributed by atoms with van der Waals surface area (Å²) >= 11 is 0. The van der Waals surface area contributed by atoms with E-state index in [9.17, 15) is 13.2 Å². The topological polar surface area (TPSA) is 75.7 Å². The highest BCUT2D eigenvalue weighted by Crippen LogP contribution is 2.20. The van der Waals surface area contributed by atoms with Crippen molar-refractivity contribution in [3.05, 3.63) is 96.1 Å². The molecule has 0 fully saturated rings. The lowest BCUT2D eigenvalue weighted by Crippen LogP contribution is -2.42. The number of benzene rings is 3. The third-order valence-electron chi connectivity index (χ3n) is 5.19. The summed E-state index contributed by atoms with van der Waals surface area (Å²) in [5.41, 5.74) is 1.95. The summed E-state index contributed by atoms with van der Waals surface area (Å²) in [6, 6.07) is 25.1. The Balaban J connectivity index is 1.78. The second-order valence-electron chi connectivity index (χ2n) is 7.45. The molecular formula is C25H28N2O4S. The molecule has 168 valence electrons. The maximum atomic E-state index is 13.3. The molecular weight excluding hydrogens is 424 g/mol. The molecule has 0 unspecified atom stereocenters. The molecule has 6 nitrogen and oxygen atoms in total. The van der Waals surface area contributed by atoms with Gasteiger partial charge in [-0.3, -0.25) is 4.79 Å². The van der Waals surface area contributed by atoms with E-state index in [4.69, 9.17) is 4.74 Å². The van der Waals surface area contributed by atoms with Gasteiger partial charge in [0.05, 0.1) is 24.6 Å². The van der Waals surface area contributed by atoms with E-state index in [-0.39, 0.29) is 29.9 Å². The third-order valence-corrected chi connectivity index (χ3v) is 7.05. The number of carbonyl (C=O) groups is 1. The molecule has 0 radical (unpaired) electrons. The molecule has 7 heteroatoms. The minimum atomic E-state index is -3.87. The largest absolute Gasteiger partial charge is 0.497 e. The lowest BCUT2D eigenvalue weighted by atomic mass is 10.1. The van der Waals surface area contributed by atoms with Crippen molar-refractivity contribution in [2.45, 2.75) is 24.3 Å². The SMILES string of the molecule is COc1ccc(S(=O)(=O)N(CCc2ccccc2)CC(=O)N[C@@H](C)c2ccccc2)cc1. The average molecular weight is 453 g/mol. The molecule has 32 heavy (non-hydrogen) atoms. The van der Waals surface area contributed by atoms with Crippen LogP contribution in [-0.2, 0) is 21.2 Å². The van der Waals surface area contributed by atoms with E-state index in [0.717, 1.165) is 11.1 Å². The summed E-state index contributed by atoms with van der Waals surface area (Å²) in [5, 5.41) is 2.90. The fourth-order valence-electron chi connectivity index (χ4n) is 3.35. The van der Waals surface area contributed by atoms with Gasteiger partial charge >= 0.3 is 0 Å². The molecule has 3 aromatic carbocycles. The zero-order valence-corrected chi connectivity index (χ0v) is 19.1. The zero-order chi connectivity index (χ0) is 23.0. The van der Waals surface area contributed by atoms with E-state index in [1.807, 2.05) is 67.6 Å². The van der Waals surface area contributed by atoms with Crippen LogP contribution in [0.3, 0.4) is 0 Å². The zero-order valence-electron chi connectivity index (χ0n) is 18.3. The maximum Gasteiger partial charge on any atom is 0.243 e. The fraction of sp³-hybridized carbons (Fsp3) is 0.240. The molecule has 0 bridgehead atoms. The molecule has 0 aliphatic carbocycles. The predicted octanol–water partition coefficient (Wildman–Crippen LogP) is 3.81. The lowest BCUT2D eigenvalue weighted by Gasteiger charge is -2.23. The van der Waals surface area contributed by atoms with Gasteiger partial charge in [-0.2, -0.15) is 4.31 Å². The summed E-state index contributed by atoms with van der Waals surface area (Å²) < 4.78 is 33.1. The van der Waals surface area contributed by atoms with E-state index >= 15 is 0 Å². The maximum absolute atomic E-state index is 13.3. The quantitative estimate of drug-likeness (QED) is 0.508. The van der Waals surface area contributed by atoms with Crippen LogP contribution in [0.15, 0.2) is 89.8 Å². The van der Waals surface area contributed by atoms with Gasteiger partial charge in [0.25, 0.3) is 0 Å². The molecule has 1 atom stereocenters.